The molecule has 0 radical (unpaired) electrons. The minimum absolute atomic E-state index is 0.0728. The van der Waals surface area contributed by atoms with E-state index in [-0.39, 0.29) is 5.41 Å². The fourth-order valence-corrected chi connectivity index (χ4v) is 3.87. The van der Waals surface area contributed by atoms with Crippen LogP contribution < -0.4 is 5.43 Å². The van der Waals surface area contributed by atoms with E-state index in [9.17, 15) is 0 Å². The van der Waals surface area contributed by atoms with Crippen LogP contribution in [0.4, 0.5) is 0 Å². The molecule has 1 atom stereocenters. The molecule has 1 unspecified atom stereocenters. The van der Waals surface area contributed by atoms with Gasteiger partial charge in [-0.15, -0.1) is 0 Å². The number of halogens is 1. The standard InChI is InChI=1S/C17H15IN2/c18-14-7-5-13(6-8-14)16-17(11-19-20-16)10-9-12-3-1-2-4-15(12)17/h1-8,19H,9-11H2. The molecule has 2 aliphatic rings. The zero-order valence-electron chi connectivity index (χ0n) is 11.1. The van der Waals surface area contributed by atoms with Crippen LogP contribution in [-0.4, -0.2) is 12.3 Å². The molecule has 20 heavy (non-hydrogen) atoms. The number of aryl methyl sites for hydroxylation is 1. The van der Waals surface area contributed by atoms with Gasteiger partial charge in [0.15, 0.2) is 0 Å². The van der Waals surface area contributed by atoms with E-state index in [0.717, 1.165) is 19.4 Å². The van der Waals surface area contributed by atoms with Crippen LogP contribution in [0.25, 0.3) is 0 Å². The molecule has 0 fully saturated rings. The van der Waals surface area contributed by atoms with Crippen molar-refractivity contribution in [2.45, 2.75) is 18.3 Å². The van der Waals surface area contributed by atoms with Crippen molar-refractivity contribution in [1.82, 2.24) is 5.43 Å². The van der Waals surface area contributed by atoms with E-state index in [1.165, 1.54) is 26.0 Å². The van der Waals surface area contributed by atoms with E-state index in [0.29, 0.717) is 0 Å². The summed E-state index contributed by atoms with van der Waals surface area (Å²) in [5.41, 5.74) is 8.71. The van der Waals surface area contributed by atoms with Crippen LogP contribution in [0.2, 0.25) is 0 Å². The Balaban J connectivity index is 1.84. The van der Waals surface area contributed by atoms with Gasteiger partial charge in [0.2, 0.25) is 0 Å². The zero-order chi connectivity index (χ0) is 13.6. The highest BCUT2D eigenvalue weighted by molar-refractivity contribution is 14.1. The summed E-state index contributed by atoms with van der Waals surface area (Å²) in [6, 6.07) is 17.5. The number of hydrogen-bond donors (Lipinski definition) is 1. The maximum atomic E-state index is 4.63. The Bertz CT molecular complexity index is 690. The Morgan fingerprint density at radius 3 is 2.70 bits per heavy atom. The molecular weight excluding hydrogens is 359 g/mol. The van der Waals surface area contributed by atoms with Gasteiger partial charge in [-0.1, -0.05) is 36.4 Å². The summed E-state index contributed by atoms with van der Waals surface area (Å²) >= 11 is 2.34. The van der Waals surface area contributed by atoms with Crippen molar-refractivity contribution in [3.8, 4) is 0 Å². The molecule has 1 aliphatic carbocycles. The van der Waals surface area contributed by atoms with E-state index in [2.05, 4.69) is 81.6 Å². The zero-order valence-corrected chi connectivity index (χ0v) is 13.2. The Hall–Kier alpha value is -1.36. The summed E-state index contributed by atoms with van der Waals surface area (Å²) < 4.78 is 1.26. The summed E-state index contributed by atoms with van der Waals surface area (Å²) in [7, 11) is 0. The third kappa shape index (κ3) is 1.72. The lowest BCUT2D eigenvalue weighted by Gasteiger charge is -2.26. The summed E-state index contributed by atoms with van der Waals surface area (Å²) in [5, 5.41) is 4.63. The van der Waals surface area contributed by atoms with Crippen molar-refractivity contribution < 1.29 is 0 Å². The SMILES string of the molecule is Ic1ccc(C2=NNCC23CCc2ccccc23)cc1. The maximum absolute atomic E-state index is 4.63. The first-order valence-corrected chi connectivity index (χ1v) is 8.03. The number of hydrogen-bond acceptors (Lipinski definition) is 2. The van der Waals surface area contributed by atoms with Crippen LogP contribution in [0.1, 0.15) is 23.1 Å². The smallest absolute Gasteiger partial charge is 0.0799 e. The topological polar surface area (TPSA) is 24.4 Å². The molecule has 1 heterocycles. The first kappa shape index (κ1) is 12.4. The highest BCUT2D eigenvalue weighted by Crippen LogP contribution is 2.43. The molecule has 0 saturated heterocycles. The molecule has 3 heteroatoms. The van der Waals surface area contributed by atoms with Gasteiger partial charge in [-0.2, -0.15) is 5.10 Å². The summed E-state index contributed by atoms with van der Waals surface area (Å²) in [6.45, 7) is 0.922. The van der Waals surface area contributed by atoms with Crippen LogP contribution in [-0.2, 0) is 11.8 Å². The Labute approximate surface area is 132 Å². The molecule has 0 amide bonds. The minimum atomic E-state index is 0.0728. The van der Waals surface area contributed by atoms with Crippen molar-refractivity contribution in [2.75, 3.05) is 6.54 Å². The fraction of sp³-hybridized carbons (Fsp3) is 0.235. The molecule has 1 aliphatic heterocycles. The highest BCUT2D eigenvalue weighted by atomic mass is 127. The van der Waals surface area contributed by atoms with E-state index in [4.69, 9.17) is 0 Å². The Kier molecular flexibility index (Phi) is 2.84. The molecule has 0 saturated carbocycles. The number of rotatable bonds is 1. The predicted molar refractivity (Wildman–Crippen MR) is 90.1 cm³/mol. The third-order valence-corrected chi connectivity index (χ3v) is 5.22. The molecular formula is C17H15IN2. The molecule has 2 aromatic carbocycles. The normalized spacial score (nSPS) is 23.6. The van der Waals surface area contributed by atoms with Gasteiger partial charge in [0.1, 0.15) is 0 Å². The van der Waals surface area contributed by atoms with Crippen molar-refractivity contribution >= 4 is 28.3 Å². The average molecular weight is 374 g/mol. The molecule has 1 spiro atoms. The molecule has 100 valence electrons. The van der Waals surface area contributed by atoms with Gasteiger partial charge in [0.05, 0.1) is 11.1 Å². The lowest BCUT2D eigenvalue weighted by Crippen LogP contribution is -2.35. The molecule has 2 aromatic rings. The van der Waals surface area contributed by atoms with E-state index in [1.54, 1.807) is 0 Å². The van der Waals surface area contributed by atoms with Crippen molar-refractivity contribution in [1.29, 1.82) is 0 Å². The first-order valence-electron chi connectivity index (χ1n) is 6.95. The summed E-state index contributed by atoms with van der Waals surface area (Å²) in [5.74, 6) is 0. The maximum Gasteiger partial charge on any atom is 0.0799 e. The molecule has 1 N–H and O–H groups in total. The number of nitrogens with zero attached hydrogens (tertiary/aromatic N) is 1. The third-order valence-electron chi connectivity index (χ3n) is 4.50. The summed E-state index contributed by atoms with van der Waals surface area (Å²) in [6.07, 6.45) is 2.31. The number of hydrazone groups is 1. The van der Waals surface area contributed by atoms with Gasteiger partial charge >= 0.3 is 0 Å². The fourth-order valence-electron chi connectivity index (χ4n) is 3.51. The predicted octanol–water partition coefficient (Wildman–Crippen LogP) is 3.48. The quantitative estimate of drug-likeness (QED) is 0.760. The number of benzene rings is 2. The van der Waals surface area contributed by atoms with Gasteiger partial charge < -0.3 is 5.43 Å². The van der Waals surface area contributed by atoms with Gasteiger partial charge in [-0.05, 0) is 64.3 Å². The second-order valence-electron chi connectivity index (χ2n) is 5.54. The number of nitrogens with one attached hydrogen (secondary N) is 1. The Morgan fingerprint density at radius 1 is 1.05 bits per heavy atom. The van der Waals surface area contributed by atoms with Crippen molar-refractivity contribution in [3.63, 3.8) is 0 Å². The van der Waals surface area contributed by atoms with Gasteiger partial charge in [-0.3, -0.25) is 0 Å². The lowest BCUT2D eigenvalue weighted by molar-refractivity contribution is 0.562. The van der Waals surface area contributed by atoms with Crippen molar-refractivity contribution in [3.05, 3.63) is 68.8 Å². The average Bonchev–Trinajstić information content (AvgIpc) is 3.07. The van der Waals surface area contributed by atoms with Crippen LogP contribution in [0.5, 0.6) is 0 Å². The lowest BCUT2D eigenvalue weighted by atomic mass is 9.75. The van der Waals surface area contributed by atoms with E-state index >= 15 is 0 Å². The Morgan fingerprint density at radius 2 is 1.85 bits per heavy atom. The van der Waals surface area contributed by atoms with E-state index in [1.807, 2.05) is 0 Å². The molecule has 2 nitrogen and oxygen atoms in total. The minimum Gasteiger partial charge on any atom is -0.308 e. The number of fused-ring (bicyclic) bond motifs is 2. The van der Waals surface area contributed by atoms with Gasteiger partial charge in [0, 0.05) is 10.1 Å². The van der Waals surface area contributed by atoms with Gasteiger partial charge in [-0.25, -0.2) is 0 Å². The largest absolute Gasteiger partial charge is 0.308 e. The second-order valence-corrected chi connectivity index (χ2v) is 6.79. The monoisotopic (exact) mass is 374 g/mol. The summed E-state index contributed by atoms with van der Waals surface area (Å²) in [4.78, 5) is 0. The van der Waals surface area contributed by atoms with Crippen LogP contribution in [0.15, 0.2) is 53.6 Å². The van der Waals surface area contributed by atoms with E-state index < -0.39 is 0 Å². The second kappa shape index (κ2) is 4.58. The van der Waals surface area contributed by atoms with Gasteiger partial charge in [0.25, 0.3) is 0 Å². The van der Waals surface area contributed by atoms with Crippen molar-refractivity contribution in [2.24, 2.45) is 5.10 Å². The van der Waals surface area contributed by atoms with Crippen LogP contribution in [0, 0.1) is 3.57 Å². The molecule has 0 bridgehead atoms. The molecule has 4 rings (SSSR count). The highest BCUT2D eigenvalue weighted by Gasteiger charge is 2.46. The van der Waals surface area contributed by atoms with Crippen LogP contribution in [0.3, 0.4) is 0 Å². The molecule has 0 aromatic heterocycles. The van der Waals surface area contributed by atoms with Crippen LogP contribution >= 0.6 is 22.6 Å². The first-order chi connectivity index (χ1) is 9.79.